The molecule has 0 saturated heterocycles. The van der Waals surface area contributed by atoms with Crippen LogP contribution in [0.25, 0.3) is 0 Å². The Bertz CT molecular complexity index is 538. The summed E-state index contributed by atoms with van der Waals surface area (Å²) in [6.45, 7) is 4.55. The molecular weight excluding hydrogens is 268 g/mol. The van der Waals surface area contributed by atoms with Crippen molar-refractivity contribution in [2.45, 2.75) is 45.6 Å². The molecule has 4 heteroatoms. The monoisotopic (exact) mass is 290 g/mol. The van der Waals surface area contributed by atoms with Gasteiger partial charge in [-0.15, -0.1) is 11.3 Å². The summed E-state index contributed by atoms with van der Waals surface area (Å²) >= 11 is 1.46. The van der Waals surface area contributed by atoms with Crippen molar-refractivity contribution >= 4 is 17.2 Å². The van der Waals surface area contributed by atoms with Gasteiger partial charge < -0.3 is 11.1 Å². The maximum Gasteiger partial charge on any atom is 0.261 e. The van der Waals surface area contributed by atoms with Crippen molar-refractivity contribution in [2.75, 3.05) is 6.54 Å². The SMILES string of the molecule is Cc1cc(C(=O)NC2CCCCC2C)sc1C#CCN. The van der Waals surface area contributed by atoms with Gasteiger partial charge in [-0.3, -0.25) is 4.79 Å². The number of hydrogen-bond donors (Lipinski definition) is 2. The van der Waals surface area contributed by atoms with E-state index < -0.39 is 0 Å². The fraction of sp³-hybridized carbons (Fsp3) is 0.562. The fourth-order valence-corrected chi connectivity index (χ4v) is 3.57. The molecule has 108 valence electrons. The molecule has 1 amide bonds. The van der Waals surface area contributed by atoms with Crippen molar-refractivity contribution in [1.82, 2.24) is 5.32 Å². The lowest BCUT2D eigenvalue weighted by molar-refractivity contribution is 0.0914. The van der Waals surface area contributed by atoms with Crippen LogP contribution in [0.5, 0.6) is 0 Å². The van der Waals surface area contributed by atoms with Gasteiger partial charge in [0.05, 0.1) is 16.3 Å². The molecule has 1 aliphatic rings. The van der Waals surface area contributed by atoms with Crippen LogP contribution >= 0.6 is 11.3 Å². The molecule has 0 aliphatic heterocycles. The third kappa shape index (κ3) is 3.62. The number of amides is 1. The molecule has 1 aliphatic carbocycles. The largest absolute Gasteiger partial charge is 0.348 e. The van der Waals surface area contributed by atoms with Crippen molar-refractivity contribution < 1.29 is 4.79 Å². The zero-order chi connectivity index (χ0) is 14.5. The molecule has 0 spiro atoms. The molecule has 2 rings (SSSR count). The van der Waals surface area contributed by atoms with E-state index in [-0.39, 0.29) is 5.91 Å². The fourth-order valence-electron chi connectivity index (χ4n) is 2.62. The summed E-state index contributed by atoms with van der Waals surface area (Å²) < 4.78 is 0. The number of carbonyl (C=O) groups excluding carboxylic acids is 1. The third-order valence-electron chi connectivity index (χ3n) is 3.87. The summed E-state index contributed by atoms with van der Waals surface area (Å²) in [6.07, 6.45) is 4.80. The highest BCUT2D eigenvalue weighted by Gasteiger charge is 2.24. The van der Waals surface area contributed by atoms with Crippen molar-refractivity contribution in [2.24, 2.45) is 11.7 Å². The first-order valence-electron chi connectivity index (χ1n) is 7.22. The van der Waals surface area contributed by atoms with Crippen molar-refractivity contribution in [1.29, 1.82) is 0 Å². The highest BCUT2D eigenvalue weighted by molar-refractivity contribution is 7.14. The van der Waals surface area contributed by atoms with Gasteiger partial charge in [0.1, 0.15) is 0 Å². The first kappa shape index (κ1) is 15.1. The number of nitrogens with one attached hydrogen (secondary N) is 1. The highest BCUT2D eigenvalue weighted by atomic mass is 32.1. The Labute approximate surface area is 124 Å². The summed E-state index contributed by atoms with van der Waals surface area (Å²) in [5.41, 5.74) is 6.44. The predicted octanol–water partition coefficient (Wildman–Crippen LogP) is 2.68. The number of rotatable bonds is 2. The topological polar surface area (TPSA) is 55.1 Å². The second-order valence-corrected chi connectivity index (χ2v) is 6.52. The molecular formula is C16H22N2OS. The Morgan fingerprint density at radius 3 is 2.95 bits per heavy atom. The summed E-state index contributed by atoms with van der Waals surface area (Å²) in [4.78, 5) is 14.0. The first-order chi connectivity index (χ1) is 9.61. The number of aryl methyl sites for hydroxylation is 1. The maximum atomic E-state index is 12.3. The summed E-state index contributed by atoms with van der Waals surface area (Å²) in [7, 11) is 0. The van der Waals surface area contributed by atoms with Crippen LogP contribution in [0, 0.1) is 24.7 Å². The van der Waals surface area contributed by atoms with E-state index in [1.807, 2.05) is 13.0 Å². The normalized spacial score (nSPS) is 21.9. The molecule has 1 aromatic rings. The molecule has 3 N–H and O–H groups in total. The minimum atomic E-state index is 0.0395. The van der Waals surface area contributed by atoms with Gasteiger partial charge in [0.15, 0.2) is 0 Å². The Morgan fingerprint density at radius 1 is 1.50 bits per heavy atom. The van der Waals surface area contributed by atoms with Crippen LogP contribution in [0.1, 0.15) is 52.7 Å². The van der Waals surface area contributed by atoms with Crippen LogP contribution in [-0.2, 0) is 0 Å². The highest BCUT2D eigenvalue weighted by Crippen LogP contribution is 2.25. The molecule has 0 radical (unpaired) electrons. The summed E-state index contributed by atoms with van der Waals surface area (Å²) in [6, 6.07) is 2.24. The van der Waals surface area contributed by atoms with E-state index in [4.69, 9.17) is 5.73 Å². The van der Waals surface area contributed by atoms with Crippen LogP contribution in [0.15, 0.2) is 6.07 Å². The Balaban J connectivity index is 2.05. The van der Waals surface area contributed by atoms with Crippen LogP contribution in [0.4, 0.5) is 0 Å². The average Bonchev–Trinajstić information content (AvgIpc) is 2.80. The van der Waals surface area contributed by atoms with E-state index in [2.05, 4.69) is 24.1 Å². The maximum absolute atomic E-state index is 12.3. The quantitative estimate of drug-likeness (QED) is 0.823. The van der Waals surface area contributed by atoms with Crippen LogP contribution in [-0.4, -0.2) is 18.5 Å². The molecule has 1 fully saturated rings. The minimum absolute atomic E-state index is 0.0395. The number of nitrogens with two attached hydrogens (primary N) is 1. The molecule has 2 unspecified atom stereocenters. The van der Waals surface area contributed by atoms with Crippen LogP contribution < -0.4 is 11.1 Å². The molecule has 3 nitrogen and oxygen atoms in total. The second-order valence-electron chi connectivity index (χ2n) is 5.47. The number of thiophene rings is 1. The first-order valence-corrected chi connectivity index (χ1v) is 8.03. The summed E-state index contributed by atoms with van der Waals surface area (Å²) in [5.74, 6) is 6.48. The Morgan fingerprint density at radius 2 is 2.25 bits per heavy atom. The zero-order valence-electron chi connectivity index (χ0n) is 12.2. The Kier molecular flexibility index (Phi) is 5.22. The predicted molar refractivity (Wildman–Crippen MR) is 83.9 cm³/mol. The standard InChI is InChI=1S/C16H22N2OS/c1-11-6-3-4-7-13(11)18-16(19)15-10-12(2)14(20-15)8-5-9-17/h10-11,13H,3-4,6-7,9,17H2,1-2H3,(H,18,19). The molecule has 0 aromatic carbocycles. The van der Waals surface area contributed by atoms with E-state index in [0.29, 0.717) is 18.5 Å². The lowest BCUT2D eigenvalue weighted by Gasteiger charge is -2.29. The lowest BCUT2D eigenvalue weighted by atomic mass is 9.86. The van der Waals surface area contributed by atoms with Gasteiger partial charge in [0.25, 0.3) is 5.91 Å². The second kappa shape index (κ2) is 6.92. The van der Waals surface area contributed by atoms with Gasteiger partial charge in [0.2, 0.25) is 0 Å². The van der Waals surface area contributed by atoms with Crippen molar-refractivity contribution in [3.8, 4) is 11.8 Å². The third-order valence-corrected chi connectivity index (χ3v) is 5.02. The van der Waals surface area contributed by atoms with Gasteiger partial charge >= 0.3 is 0 Å². The van der Waals surface area contributed by atoms with Gasteiger partial charge in [0, 0.05) is 6.04 Å². The Hall–Kier alpha value is -1.31. The lowest BCUT2D eigenvalue weighted by Crippen LogP contribution is -2.40. The van der Waals surface area contributed by atoms with E-state index in [0.717, 1.165) is 21.7 Å². The molecule has 1 aromatic heterocycles. The molecule has 2 atom stereocenters. The van der Waals surface area contributed by atoms with Gasteiger partial charge in [-0.05, 0) is 37.3 Å². The minimum Gasteiger partial charge on any atom is -0.348 e. The molecule has 20 heavy (non-hydrogen) atoms. The van der Waals surface area contributed by atoms with Gasteiger partial charge in [-0.2, -0.15) is 0 Å². The van der Waals surface area contributed by atoms with Crippen LogP contribution in [0.2, 0.25) is 0 Å². The van der Waals surface area contributed by atoms with E-state index in [1.165, 1.54) is 30.6 Å². The molecule has 1 heterocycles. The zero-order valence-corrected chi connectivity index (χ0v) is 13.0. The number of hydrogen-bond acceptors (Lipinski definition) is 3. The summed E-state index contributed by atoms with van der Waals surface area (Å²) in [5, 5.41) is 3.18. The molecule has 0 bridgehead atoms. The average molecular weight is 290 g/mol. The van der Waals surface area contributed by atoms with Gasteiger partial charge in [-0.1, -0.05) is 31.6 Å². The smallest absolute Gasteiger partial charge is 0.261 e. The van der Waals surface area contributed by atoms with E-state index in [9.17, 15) is 4.79 Å². The van der Waals surface area contributed by atoms with Crippen LogP contribution in [0.3, 0.4) is 0 Å². The number of carbonyl (C=O) groups is 1. The van der Waals surface area contributed by atoms with E-state index in [1.54, 1.807) is 0 Å². The van der Waals surface area contributed by atoms with E-state index >= 15 is 0 Å². The van der Waals surface area contributed by atoms with Gasteiger partial charge in [-0.25, -0.2) is 0 Å². The van der Waals surface area contributed by atoms with Crippen molar-refractivity contribution in [3.05, 3.63) is 21.4 Å². The van der Waals surface area contributed by atoms with Crippen molar-refractivity contribution in [3.63, 3.8) is 0 Å². The molecule has 1 saturated carbocycles.